The largest absolute Gasteiger partial charge is 0.356 e. The number of amides is 2. The minimum atomic E-state index is -4.37. The SMILES string of the molecule is Cc1ccc(F)cc1S(=O)(=O)N1c2ccccc2NC(=O)[C@H]1CC(=O)NCCc1ccncc1. The highest BCUT2D eigenvalue weighted by Crippen LogP contribution is 2.37. The van der Waals surface area contributed by atoms with Gasteiger partial charge in [-0.05, 0) is 60.9 Å². The number of carbonyl (C=O) groups is 2. The fraction of sp³-hybridized carbons (Fsp3) is 0.208. The number of para-hydroxylation sites is 2. The van der Waals surface area contributed by atoms with Crippen LogP contribution >= 0.6 is 0 Å². The van der Waals surface area contributed by atoms with Gasteiger partial charge in [0.2, 0.25) is 11.8 Å². The number of aryl methyl sites for hydroxylation is 1. The number of rotatable bonds is 7. The second kappa shape index (κ2) is 9.60. The number of hydrogen-bond acceptors (Lipinski definition) is 5. The number of anilines is 2. The molecular weight excluding hydrogens is 459 g/mol. The number of fused-ring (bicyclic) bond motifs is 1. The molecule has 0 aliphatic carbocycles. The predicted octanol–water partition coefficient (Wildman–Crippen LogP) is 2.79. The molecule has 0 spiro atoms. The number of nitrogens with one attached hydrogen (secondary N) is 2. The molecule has 2 aromatic carbocycles. The Morgan fingerprint density at radius 3 is 2.65 bits per heavy atom. The third kappa shape index (κ3) is 4.76. The topological polar surface area (TPSA) is 108 Å². The lowest BCUT2D eigenvalue weighted by Crippen LogP contribution is -2.53. The molecule has 4 rings (SSSR count). The molecule has 10 heteroatoms. The van der Waals surface area contributed by atoms with Crippen LogP contribution in [0.15, 0.2) is 71.9 Å². The molecule has 1 aliphatic heterocycles. The first kappa shape index (κ1) is 23.4. The van der Waals surface area contributed by atoms with Gasteiger partial charge in [-0.2, -0.15) is 0 Å². The van der Waals surface area contributed by atoms with Gasteiger partial charge in [-0.3, -0.25) is 18.9 Å². The lowest BCUT2D eigenvalue weighted by molar-refractivity contribution is -0.125. The number of aromatic nitrogens is 1. The standard InChI is InChI=1S/C24H23FN4O4S/c1-16-6-7-18(25)14-22(16)34(32,33)29-20-5-3-2-4-19(20)28-24(31)21(29)15-23(30)27-13-10-17-8-11-26-12-9-17/h2-9,11-12,14,21H,10,13,15H2,1H3,(H,27,30)(H,28,31)/t21-/m1/s1. The predicted molar refractivity (Wildman–Crippen MR) is 125 cm³/mol. The number of benzene rings is 2. The molecule has 0 fully saturated rings. The van der Waals surface area contributed by atoms with E-state index in [-0.39, 0.29) is 10.6 Å². The molecule has 0 bridgehead atoms. The van der Waals surface area contributed by atoms with Gasteiger partial charge in [0.05, 0.1) is 22.7 Å². The third-order valence-corrected chi connectivity index (χ3v) is 7.50. The van der Waals surface area contributed by atoms with Crippen LogP contribution in [0.4, 0.5) is 15.8 Å². The van der Waals surface area contributed by atoms with Crippen molar-refractivity contribution < 1.29 is 22.4 Å². The van der Waals surface area contributed by atoms with Crippen LogP contribution < -0.4 is 14.9 Å². The molecule has 2 heterocycles. The summed E-state index contributed by atoms with van der Waals surface area (Å²) >= 11 is 0. The van der Waals surface area contributed by atoms with Crippen molar-refractivity contribution >= 4 is 33.2 Å². The first-order chi connectivity index (χ1) is 16.3. The van der Waals surface area contributed by atoms with E-state index in [1.807, 2.05) is 12.1 Å². The fourth-order valence-corrected chi connectivity index (χ4v) is 5.71. The number of halogens is 1. The maximum absolute atomic E-state index is 14.0. The average Bonchev–Trinajstić information content (AvgIpc) is 2.81. The minimum absolute atomic E-state index is 0.209. The molecule has 1 aliphatic rings. The van der Waals surface area contributed by atoms with Gasteiger partial charge in [0.1, 0.15) is 11.9 Å². The quantitative estimate of drug-likeness (QED) is 0.538. The maximum atomic E-state index is 14.0. The molecule has 8 nitrogen and oxygen atoms in total. The van der Waals surface area contributed by atoms with Crippen molar-refractivity contribution in [1.29, 1.82) is 0 Å². The Labute approximate surface area is 196 Å². The van der Waals surface area contributed by atoms with Crippen LogP contribution in [0.5, 0.6) is 0 Å². The Balaban J connectivity index is 1.63. The van der Waals surface area contributed by atoms with Crippen molar-refractivity contribution in [3.63, 3.8) is 0 Å². The Kier molecular flexibility index (Phi) is 6.60. The summed E-state index contributed by atoms with van der Waals surface area (Å²) in [5.41, 5.74) is 1.80. The van der Waals surface area contributed by atoms with Gasteiger partial charge in [-0.25, -0.2) is 12.8 Å². The van der Waals surface area contributed by atoms with Gasteiger partial charge >= 0.3 is 0 Å². The van der Waals surface area contributed by atoms with E-state index in [2.05, 4.69) is 15.6 Å². The first-order valence-electron chi connectivity index (χ1n) is 10.6. The van der Waals surface area contributed by atoms with Crippen molar-refractivity contribution in [1.82, 2.24) is 10.3 Å². The molecule has 3 aromatic rings. The van der Waals surface area contributed by atoms with E-state index in [0.717, 1.165) is 15.9 Å². The summed E-state index contributed by atoms with van der Waals surface area (Å²) < 4.78 is 42.3. The lowest BCUT2D eigenvalue weighted by Gasteiger charge is -2.37. The van der Waals surface area contributed by atoms with E-state index in [1.54, 1.807) is 37.5 Å². The molecule has 1 atom stereocenters. The molecule has 0 saturated carbocycles. The van der Waals surface area contributed by atoms with Crippen molar-refractivity contribution in [3.05, 3.63) is 83.9 Å². The monoisotopic (exact) mass is 482 g/mol. The van der Waals surface area contributed by atoms with Crippen molar-refractivity contribution in [2.24, 2.45) is 0 Å². The Bertz CT molecular complexity index is 1330. The zero-order chi connectivity index (χ0) is 24.3. The van der Waals surface area contributed by atoms with Gasteiger partial charge in [0.25, 0.3) is 10.0 Å². The van der Waals surface area contributed by atoms with Crippen molar-refractivity contribution in [2.75, 3.05) is 16.2 Å². The van der Waals surface area contributed by atoms with Gasteiger partial charge < -0.3 is 10.6 Å². The van der Waals surface area contributed by atoms with Crippen LogP contribution in [0, 0.1) is 12.7 Å². The number of sulfonamides is 1. The van der Waals surface area contributed by atoms with Gasteiger partial charge in [0, 0.05) is 18.9 Å². The van der Waals surface area contributed by atoms with Crippen LogP contribution in [0.25, 0.3) is 0 Å². The number of hydrogen-bond donors (Lipinski definition) is 2. The molecule has 2 N–H and O–H groups in total. The summed E-state index contributed by atoms with van der Waals surface area (Å²) in [6.07, 6.45) is 3.46. The van der Waals surface area contributed by atoms with E-state index >= 15 is 0 Å². The lowest BCUT2D eigenvalue weighted by atomic mass is 10.1. The molecule has 1 aromatic heterocycles. The number of nitrogens with zero attached hydrogens (tertiary/aromatic N) is 2. The first-order valence-corrected chi connectivity index (χ1v) is 12.1. The zero-order valence-electron chi connectivity index (χ0n) is 18.4. The van der Waals surface area contributed by atoms with E-state index in [9.17, 15) is 22.4 Å². The van der Waals surface area contributed by atoms with E-state index in [1.165, 1.54) is 18.2 Å². The summed E-state index contributed by atoms with van der Waals surface area (Å²) in [7, 11) is -4.37. The fourth-order valence-electron chi connectivity index (χ4n) is 3.84. The summed E-state index contributed by atoms with van der Waals surface area (Å²) in [6, 6.07) is 12.1. The molecule has 0 unspecified atom stereocenters. The number of carbonyl (C=O) groups excluding carboxylic acids is 2. The molecule has 0 saturated heterocycles. The Hall–Kier alpha value is -3.79. The second-order valence-corrected chi connectivity index (χ2v) is 9.68. The summed E-state index contributed by atoms with van der Waals surface area (Å²) in [4.78, 5) is 29.3. The summed E-state index contributed by atoms with van der Waals surface area (Å²) in [5.74, 6) is -1.84. The van der Waals surface area contributed by atoms with E-state index < -0.39 is 40.1 Å². The molecule has 0 radical (unpaired) electrons. The van der Waals surface area contributed by atoms with Gasteiger partial charge in [-0.15, -0.1) is 0 Å². The highest BCUT2D eigenvalue weighted by Gasteiger charge is 2.42. The van der Waals surface area contributed by atoms with Crippen molar-refractivity contribution in [3.8, 4) is 0 Å². The highest BCUT2D eigenvalue weighted by atomic mass is 32.2. The van der Waals surface area contributed by atoms with Gasteiger partial charge in [0.15, 0.2) is 0 Å². The zero-order valence-corrected chi connectivity index (χ0v) is 19.2. The van der Waals surface area contributed by atoms with E-state index in [0.29, 0.717) is 24.2 Å². The maximum Gasteiger partial charge on any atom is 0.265 e. The van der Waals surface area contributed by atoms with Gasteiger partial charge in [-0.1, -0.05) is 18.2 Å². The third-order valence-electron chi connectivity index (χ3n) is 5.54. The van der Waals surface area contributed by atoms with Crippen LogP contribution in [-0.4, -0.2) is 37.8 Å². The molecule has 176 valence electrons. The molecule has 2 amide bonds. The Morgan fingerprint density at radius 2 is 1.88 bits per heavy atom. The Morgan fingerprint density at radius 1 is 1.15 bits per heavy atom. The number of pyridine rings is 1. The van der Waals surface area contributed by atoms with Crippen LogP contribution in [0.2, 0.25) is 0 Å². The summed E-state index contributed by atoms with van der Waals surface area (Å²) in [6.45, 7) is 1.85. The smallest absolute Gasteiger partial charge is 0.265 e. The second-order valence-electron chi connectivity index (χ2n) is 7.89. The van der Waals surface area contributed by atoms with E-state index in [4.69, 9.17) is 0 Å². The van der Waals surface area contributed by atoms with Crippen LogP contribution in [-0.2, 0) is 26.0 Å². The summed E-state index contributed by atoms with van der Waals surface area (Å²) in [5, 5.41) is 5.41. The highest BCUT2D eigenvalue weighted by molar-refractivity contribution is 7.93. The molecular formula is C24H23FN4O4S. The average molecular weight is 483 g/mol. The normalized spacial score (nSPS) is 15.4. The molecule has 34 heavy (non-hydrogen) atoms. The van der Waals surface area contributed by atoms with Crippen LogP contribution in [0.1, 0.15) is 17.5 Å². The minimum Gasteiger partial charge on any atom is -0.356 e. The van der Waals surface area contributed by atoms with Crippen LogP contribution in [0.3, 0.4) is 0 Å². The van der Waals surface area contributed by atoms with Crippen molar-refractivity contribution in [2.45, 2.75) is 30.7 Å².